The Morgan fingerprint density at radius 1 is 0.714 bits per heavy atom. The number of hydrogen-bond acceptors (Lipinski definition) is 3. The molecule has 3 aromatic carbocycles. The Kier molecular flexibility index (Phi) is 3.74. The van der Waals surface area contributed by atoms with Gasteiger partial charge in [0.15, 0.2) is 0 Å². The second-order valence-corrected chi connectivity index (χ2v) is 8.46. The zero-order chi connectivity index (χ0) is 19.5. The minimum Gasteiger partial charge on any atom is -0.455 e. The average molecular weight is 370 g/mol. The van der Waals surface area contributed by atoms with Crippen LogP contribution in [0, 0.1) is 0 Å². The molecule has 140 valence electrons. The molecule has 4 aromatic rings. The molecule has 3 nitrogen and oxygen atoms in total. The van der Waals surface area contributed by atoms with E-state index in [1.807, 2.05) is 30.3 Å². The van der Waals surface area contributed by atoms with Crippen LogP contribution in [0.5, 0.6) is 0 Å². The van der Waals surface area contributed by atoms with Crippen molar-refractivity contribution in [2.45, 2.75) is 38.9 Å². The number of furan rings is 1. The van der Waals surface area contributed by atoms with Gasteiger partial charge in [0.25, 0.3) is 0 Å². The first-order valence-electron chi connectivity index (χ1n) is 9.73. The van der Waals surface area contributed by atoms with Gasteiger partial charge in [0.1, 0.15) is 11.2 Å². The van der Waals surface area contributed by atoms with Crippen LogP contribution in [0.2, 0.25) is 0 Å². The lowest BCUT2D eigenvalue weighted by Crippen LogP contribution is -2.41. The second-order valence-electron chi connectivity index (χ2n) is 8.46. The van der Waals surface area contributed by atoms with Crippen molar-refractivity contribution in [3.8, 4) is 11.1 Å². The van der Waals surface area contributed by atoms with Gasteiger partial charge in [0.2, 0.25) is 0 Å². The number of benzene rings is 3. The summed E-state index contributed by atoms with van der Waals surface area (Å²) in [7, 11) is -0.421. The van der Waals surface area contributed by atoms with Gasteiger partial charge in [-0.1, -0.05) is 60.7 Å². The summed E-state index contributed by atoms with van der Waals surface area (Å²) < 4.78 is 19.0. The summed E-state index contributed by atoms with van der Waals surface area (Å²) in [5.74, 6) is 0. The van der Waals surface area contributed by atoms with Crippen LogP contribution in [0.15, 0.2) is 71.1 Å². The van der Waals surface area contributed by atoms with Gasteiger partial charge < -0.3 is 13.7 Å². The molecule has 0 unspecified atom stereocenters. The van der Waals surface area contributed by atoms with E-state index in [0.29, 0.717) is 0 Å². The monoisotopic (exact) mass is 370 g/mol. The van der Waals surface area contributed by atoms with Crippen molar-refractivity contribution in [2.75, 3.05) is 0 Å². The fraction of sp³-hybridized carbons (Fsp3) is 0.250. The Balaban J connectivity index is 1.73. The lowest BCUT2D eigenvalue weighted by Gasteiger charge is -2.32. The van der Waals surface area contributed by atoms with Crippen molar-refractivity contribution in [1.82, 2.24) is 0 Å². The van der Waals surface area contributed by atoms with Gasteiger partial charge in [-0.25, -0.2) is 0 Å². The molecular weight excluding hydrogens is 347 g/mol. The van der Waals surface area contributed by atoms with Gasteiger partial charge in [-0.3, -0.25) is 0 Å². The van der Waals surface area contributed by atoms with Crippen LogP contribution in [0.25, 0.3) is 33.1 Å². The molecule has 28 heavy (non-hydrogen) atoms. The summed E-state index contributed by atoms with van der Waals surface area (Å²) in [5.41, 5.74) is 4.24. The highest BCUT2D eigenvalue weighted by molar-refractivity contribution is 6.66. The SMILES string of the molecule is CC1(C)OB(c2cccc3oc4c(-c5ccccc5)cccc4c23)OC1(C)C. The number of para-hydroxylation sites is 1. The summed E-state index contributed by atoms with van der Waals surface area (Å²) in [6.07, 6.45) is 0. The molecule has 0 N–H and O–H groups in total. The topological polar surface area (TPSA) is 31.6 Å². The highest BCUT2D eigenvalue weighted by Gasteiger charge is 2.52. The Labute approximate surface area is 165 Å². The van der Waals surface area contributed by atoms with Crippen molar-refractivity contribution < 1.29 is 13.7 Å². The largest absolute Gasteiger partial charge is 0.495 e. The molecule has 1 aliphatic heterocycles. The van der Waals surface area contributed by atoms with Crippen LogP contribution in [-0.4, -0.2) is 18.3 Å². The van der Waals surface area contributed by atoms with Crippen molar-refractivity contribution in [1.29, 1.82) is 0 Å². The second kappa shape index (κ2) is 5.97. The molecular formula is C24H23BO3. The van der Waals surface area contributed by atoms with E-state index in [4.69, 9.17) is 13.7 Å². The number of hydrogen-bond donors (Lipinski definition) is 0. The van der Waals surface area contributed by atoms with Crippen molar-refractivity contribution >= 4 is 34.5 Å². The van der Waals surface area contributed by atoms with Crippen LogP contribution in [0.1, 0.15) is 27.7 Å². The van der Waals surface area contributed by atoms with E-state index in [0.717, 1.165) is 38.5 Å². The van der Waals surface area contributed by atoms with Crippen LogP contribution in [0.3, 0.4) is 0 Å². The fourth-order valence-electron chi connectivity index (χ4n) is 3.89. The van der Waals surface area contributed by atoms with Gasteiger partial charge in [-0.15, -0.1) is 0 Å². The van der Waals surface area contributed by atoms with Gasteiger partial charge in [0, 0.05) is 16.3 Å². The standard InChI is InChI=1S/C24H23BO3/c1-23(2)24(3,4)28-25(27-23)19-14-9-15-20-21(19)18-13-8-12-17(22(18)26-20)16-10-6-5-7-11-16/h5-15H,1-4H3. The van der Waals surface area contributed by atoms with E-state index in [1.165, 1.54) is 0 Å². The predicted octanol–water partition coefficient (Wildman–Crippen LogP) is 5.55. The molecule has 0 saturated carbocycles. The smallest absolute Gasteiger partial charge is 0.455 e. The van der Waals surface area contributed by atoms with E-state index < -0.39 is 7.12 Å². The summed E-state index contributed by atoms with van der Waals surface area (Å²) in [4.78, 5) is 0. The first-order valence-corrected chi connectivity index (χ1v) is 9.73. The molecule has 1 fully saturated rings. The molecule has 2 heterocycles. The Morgan fingerprint density at radius 3 is 2.11 bits per heavy atom. The van der Waals surface area contributed by atoms with Gasteiger partial charge >= 0.3 is 7.12 Å². The molecule has 5 rings (SSSR count). The summed E-state index contributed by atoms with van der Waals surface area (Å²) in [6.45, 7) is 8.31. The fourth-order valence-corrected chi connectivity index (χ4v) is 3.89. The van der Waals surface area contributed by atoms with Crippen LogP contribution in [0.4, 0.5) is 0 Å². The summed E-state index contributed by atoms with van der Waals surface area (Å²) in [6, 6.07) is 22.7. The molecule has 1 aromatic heterocycles. The Hall–Kier alpha value is -2.56. The molecule has 1 saturated heterocycles. The highest BCUT2D eigenvalue weighted by atomic mass is 16.7. The summed E-state index contributed by atoms with van der Waals surface area (Å²) in [5, 5.41) is 2.15. The third-order valence-corrected chi connectivity index (χ3v) is 6.15. The molecule has 0 radical (unpaired) electrons. The Bertz CT molecular complexity index is 1160. The molecule has 0 spiro atoms. The van der Waals surface area contributed by atoms with E-state index in [9.17, 15) is 0 Å². The molecule has 0 bridgehead atoms. The maximum Gasteiger partial charge on any atom is 0.495 e. The molecule has 0 amide bonds. The number of rotatable bonds is 2. The first-order chi connectivity index (χ1) is 13.4. The molecule has 1 aliphatic rings. The predicted molar refractivity (Wildman–Crippen MR) is 115 cm³/mol. The van der Waals surface area contributed by atoms with Gasteiger partial charge in [0.05, 0.1) is 11.2 Å². The third kappa shape index (κ3) is 2.52. The van der Waals surface area contributed by atoms with Gasteiger partial charge in [-0.05, 0) is 44.8 Å². The average Bonchev–Trinajstić information content (AvgIpc) is 3.16. The van der Waals surface area contributed by atoms with Crippen molar-refractivity contribution in [3.05, 3.63) is 66.7 Å². The molecule has 0 atom stereocenters. The van der Waals surface area contributed by atoms with Gasteiger partial charge in [-0.2, -0.15) is 0 Å². The van der Waals surface area contributed by atoms with E-state index in [-0.39, 0.29) is 11.2 Å². The minimum atomic E-state index is -0.421. The first kappa shape index (κ1) is 17.5. The van der Waals surface area contributed by atoms with Crippen molar-refractivity contribution in [2.24, 2.45) is 0 Å². The zero-order valence-electron chi connectivity index (χ0n) is 16.7. The molecule has 4 heteroatoms. The van der Waals surface area contributed by atoms with Crippen LogP contribution < -0.4 is 5.46 Å². The van der Waals surface area contributed by atoms with E-state index >= 15 is 0 Å². The maximum absolute atomic E-state index is 6.33. The maximum atomic E-state index is 6.33. The molecule has 0 aliphatic carbocycles. The van der Waals surface area contributed by atoms with Crippen molar-refractivity contribution in [3.63, 3.8) is 0 Å². The quantitative estimate of drug-likeness (QED) is 0.434. The normalized spacial score (nSPS) is 18.2. The zero-order valence-corrected chi connectivity index (χ0v) is 16.7. The Morgan fingerprint density at radius 2 is 1.39 bits per heavy atom. The van der Waals surface area contributed by atoms with Crippen LogP contribution in [-0.2, 0) is 9.31 Å². The van der Waals surface area contributed by atoms with E-state index in [2.05, 4.69) is 64.1 Å². The lowest BCUT2D eigenvalue weighted by atomic mass is 9.76. The summed E-state index contributed by atoms with van der Waals surface area (Å²) >= 11 is 0. The lowest BCUT2D eigenvalue weighted by molar-refractivity contribution is 0.00578. The highest BCUT2D eigenvalue weighted by Crippen LogP contribution is 2.39. The van der Waals surface area contributed by atoms with Crippen LogP contribution >= 0.6 is 0 Å². The number of fused-ring (bicyclic) bond motifs is 3. The van der Waals surface area contributed by atoms with E-state index in [1.54, 1.807) is 0 Å². The minimum absolute atomic E-state index is 0.380. The third-order valence-electron chi connectivity index (χ3n) is 6.15.